The largest absolute Gasteiger partial charge is 0.473 e. The van der Waals surface area contributed by atoms with Crippen molar-refractivity contribution in [2.75, 3.05) is 25.0 Å². The van der Waals surface area contributed by atoms with Crippen molar-refractivity contribution in [3.05, 3.63) is 106 Å². The molecule has 0 radical (unpaired) electrons. The maximum Gasteiger partial charge on any atom is 0.304 e. The number of nitrogens with zero attached hydrogens (tertiary/aromatic N) is 5. The van der Waals surface area contributed by atoms with Gasteiger partial charge in [0.05, 0.1) is 35.9 Å². The quantitative estimate of drug-likeness (QED) is 0.168. The number of anilines is 1. The van der Waals surface area contributed by atoms with Crippen LogP contribution in [0.4, 0.5) is 10.4 Å². The van der Waals surface area contributed by atoms with E-state index < -0.39 is 5.82 Å². The maximum absolute atomic E-state index is 14.2. The molecule has 244 valence electrons. The smallest absolute Gasteiger partial charge is 0.304 e. The van der Waals surface area contributed by atoms with Gasteiger partial charge in [0.1, 0.15) is 18.2 Å². The van der Waals surface area contributed by atoms with E-state index in [1.165, 1.54) is 6.07 Å². The Balaban J connectivity index is 0.962. The lowest BCUT2D eigenvalue weighted by Gasteiger charge is -2.29. The molecule has 1 atom stereocenters. The van der Waals surface area contributed by atoms with Gasteiger partial charge in [-0.1, -0.05) is 29.8 Å². The first kappa shape index (κ1) is 30.3. The van der Waals surface area contributed by atoms with Crippen LogP contribution in [0.1, 0.15) is 40.3 Å². The number of carbonyl (C=O) groups excluding carboxylic acids is 1. The number of benzene rings is 2. The summed E-state index contributed by atoms with van der Waals surface area (Å²) in [6, 6.07) is 17.6. The third kappa shape index (κ3) is 6.29. The van der Waals surface area contributed by atoms with Crippen molar-refractivity contribution < 1.29 is 23.1 Å². The topological polar surface area (TPSA) is 123 Å². The van der Waals surface area contributed by atoms with Crippen molar-refractivity contribution >= 4 is 51.4 Å². The zero-order chi connectivity index (χ0) is 32.6. The lowest BCUT2D eigenvalue weighted by atomic mass is 10.0. The minimum Gasteiger partial charge on any atom is -0.473 e. The molecule has 6 heterocycles. The number of H-pyrrole nitrogens is 1. The van der Waals surface area contributed by atoms with Gasteiger partial charge in [0, 0.05) is 54.2 Å². The Bertz CT molecular complexity index is 2140. The highest BCUT2D eigenvalue weighted by Gasteiger charge is 2.24. The van der Waals surface area contributed by atoms with E-state index in [-0.39, 0.29) is 24.6 Å². The number of halogens is 2. The predicted molar refractivity (Wildman–Crippen MR) is 178 cm³/mol. The fraction of sp³-hybridized carbons (Fsp3) is 0.257. The van der Waals surface area contributed by atoms with Crippen LogP contribution in [0.3, 0.4) is 0 Å². The van der Waals surface area contributed by atoms with Crippen molar-refractivity contribution in [1.82, 2.24) is 29.4 Å². The number of nitrogens with one attached hydrogen (secondary N) is 2. The number of aromatic amines is 1. The monoisotopic (exact) mass is 667 g/mol. The number of aromatic nitrogens is 5. The fourth-order valence-electron chi connectivity index (χ4n) is 6.00. The predicted octanol–water partition coefficient (Wildman–Crippen LogP) is 6.60. The number of rotatable bonds is 10. The van der Waals surface area contributed by atoms with Crippen molar-refractivity contribution in [2.45, 2.75) is 38.6 Å². The number of ether oxygens (including phenoxy) is 2. The number of pyridine rings is 1. The SMILES string of the molecule is O=C(Nc1nc2[nH]ccc2o1)c1ccc2c(c1)nc(CN1CC=C(c3cccc(OCc4ccc(Cl)cc4F)n3)CC1)n2C[C@@H]1CCO1. The molecule has 13 heteroatoms. The molecular weight excluding hydrogens is 637 g/mol. The van der Waals surface area contributed by atoms with Gasteiger partial charge in [-0.25, -0.2) is 14.4 Å². The number of carbonyl (C=O) groups is 1. The van der Waals surface area contributed by atoms with Gasteiger partial charge in [-0.3, -0.25) is 15.0 Å². The molecule has 2 aliphatic rings. The minimum atomic E-state index is -0.408. The summed E-state index contributed by atoms with van der Waals surface area (Å²) in [6.07, 6.45) is 5.86. The first-order valence-corrected chi connectivity index (χ1v) is 16.1. The van der Waals surface area contributed by atoms with Crippen molar-refractivity contribution in [3.63, 3.8) is 0 Å². The summed E-state index contributed by atoms with van der Waals surface area (Å²) in [7, 11) is 0. The Labute approximate surface area is 279 Å². The molecule has 8 rings (SSSR count). The van der Waals surface area contributed by atoms with E-state index >= 15 is 0 Å². The molecule has 6 aromatic rings. The summed E-state index contributed by atoms with van der Waals surface area (Å²) in [5.41, 5.74) is 5.68. The number of fused-ring (bicyclic) bond motifs is 2. The third-order valence-electron chi connectivity index (χ3n) is 8.70. The summed E-state index contributed by atoms with van der Waals surface area (Å²) in [5.74, 6) is 0.617. The molecule has 0 spiro atoms. The van der Waals surface area contributed by atoms with E-state index in [0.717, 1.165) is 60.7 Å². The van der Waals surface area contributed by atoms with Crippen LogP contribution >= 0.6 is 11.6 Å². The van der Waals surface area contributed by atoms with Gasteiger partial charge in [0.25, 0.3) is 5.91 Å². The van der Waals surface area contributed by atoms with Gasteiger partial charge in [-0.2, -0.15) is 4.98 Å². The van der Waals surface area contributed by atoms with E-state index in [1.807, 2.05) is 18.2 Å². The van der Waals surface area contributed by atoms with Crippen molar-refractivity contribution in [1.29, 1.82) is 0 Å². The summed E-state index contributed by atoms with van der Waals surface area (Å²) < 4.78 is 33.6. The van der Waals surface area contributed by atoms with Gasteiger partial charge in [0.15, 0.2) is 11.2 Å². The molecule has 48 heavy (non-hydrogen) atoms. The summed E-state index contributed by atoms with van der Waals surface area (Å²) in [4.78, 5) is 32.3. The number of hydrogen-bond donors (Lipinski definition) is 2. The summed E-state index contributed by atoms with van der Waals surface area (Å²) in [5, 5.41) is 3.08. The van der Waals surface area contributed by atoms with Crippen LogP contribution in [-0.2, 0) is 24.4 Å². The number of hydrogen-bond acceptors (Lipinski definition) is 8. The van der Waals surface area contributed by atoms with Crippen LogP contribution in [0.25, 0.3) is 27.8 Å². The molecule has 2 aromatic carbocycles. The van der Waals surface area contributed by atoms with Crippen molar-refractivity contribution in [3.8, 4) is 5.88 Å². The van der Waals surface area contributed by atoms with E-state index in [9.17, 15) is 9.18 Å². The highest BCUT2D eigenvalue weighted by molar-refractivity contribution is 6.30. The van der Waals surface area contributed by atoms with Gasteiger partial charge >= 0.3 is 6.01 Å². The Hall–Kier alpha value is -5.04. The zero-order valence-corrected chi connectivity index (χ0v) is 26.5. The summed E-state index contributed by atoms with van der Waals surface area (Å²) in [6.45, 7) is 3.70. The van der Waals surface area contributed by atoms with Crippen LogP contribution in [-0.4, -0.2) is 61.1 Å². The summed E-state index contributed by atoms with van der Waals surface area (Å²) >= 11 is 5.87. The van der Waals surface area contributed by atoms with E-state index in [0.29, 0.717) is 46.3 Å². The highest BCUT2D eigenvalue weighted by Crippen LogP contribution is 2.27. The molecule has 1 saturated heterocycles. The van der Waals surface area contributed by atoms with E-state index in [2.05, 4.69) is 35.8 Å². The Morgan fingerprint density at radius 3 is 2.83 bits per heavy atom. The zero-order valence-electron chi connectivity index (χ0n) is 25.8. The van der Waals surface area contributed by atoms with Crippen LogP contribution in [0.2, 0.25) is 5.02 Å². The van der Waals surface area contributed by atoms with Crippen LogP contribution in [0, 0.1) is 5.82 Å². The lowest BCUT2D eigenvalue weighted by Crippen LogP contribution is -2.33. The molecular formula is C35H31ClFN7O4. The molecule has 1 amide bonds. The molecule has 0 saturated carbocycles. The second kappa shape index (κ2) is 12.9. The Morgan fingerprint density at radius 1 is 1.12 bits per heavy atom. The van der Waals surface area contributed by atoms with Gasteiger partial charge in [-0.05, 0) is 54.8 Å². The van der Waals surface area contributed by atoms with E-state index in [4.69, 9.17) is 30.5 Å². The first-order chi connectivity index (χ1) is 23.4. The van der Waals surface area contributed by atoms with Crippen LogP contribution in [0.15, 0.2) is 77.4 Å². The highest BCUT2D eigenvalue weighted by atomic mass is 35.5. The average Bonchev–Trinajstić information content (AvgIpc) is 3.76. The molecule has 0 bridgehead atoms. The standard InChI is InChI=1S/C35H31ClFN7O4/c36-24-6-4-23(26(37)17-24)20-47-32-3-1-2-27(40-32)21-9-13-43(14-10-21)19-31-39-28-16-22(5-7-29(28)44(31)18-25-11-15-46-25)34(45)42-35-41-33-30(48-35)8-12-38-33/h1-9,12,16-17,25,38H,10-11,13-15,18-20H2,(H,41,42,45)/t25-/m0/s1. The first-order valence-electron chi connectivity index (χ1n) is 15.8. The second-order valence-corrected chi connectivity index (χ2v) is 12.3. The molecule has 4 aromatic heterocycles. The number of imidazole rings is 1. The Morgan fingerprint density at radius 2 is 2.04 bits per heavy atom. The minimum absolute atomic E-state index is 0.0593. The van der Waals surface area contributed by atoms with Gasteiger partial charge < -0.3 is 23.4 Å². The molecule has 2 aliphatic heterocycles. The average molecular weight is 668 g/mol. The van der Waals surface area contributed by atoms with Crippen LogP contribution < -0.4 is 10.1 Å². The normalized spacial score (nSPS) is 16.6. The number of oxazole rings is 1. The molecule has 2 N–H and O–H groups in total. The Kier molecular flexibility index (Phi) is 8.12. The van der Waals surface area contributed by atoms with Crippen molar-refractivity contribution in [2.24, 2.45) is 0 Å². The lowest BCUT2D eigenvalue weighted by molar-refractivity contribution is -0.0591. The van der Waals surface area contributed by atoms with E-state index in [1.54, 1.807) is 42.6 Å². The fourth-order valence-corrected chi connectivity index (χ4v) is 6.16. The van der Waals surface area contributed by atoms with Gasteiger partial charge in [-0.15, -0.1) is 0 Å². The molecule has 1 fully saturated rings. The second-order valence-electron chi connectivity index (χ2n) is 11.9. The molecule has 11 nitrogen and oxygen atoms in total. The molecule has 0 unspecified atom stereocenters. The maximum atomic E-state index is 14.2. The molecule has 0 aliphatic carbocycles. The number of amides is 1. The van der Waals surface area contributed by atoms with Gasteiger partial charge in [0.2, 0.25) is 5.88 Å². The third-order valence-corrected chi connectivity index (χ3v) is 8.93. The van der Waals surface area contributed by atoms with Crippen LogP contribution in [0.5, 0.6) is 5.88 Å².